The van der Waals surface area contributed by atoms with Crippen molar-refractivity contribution in [3.8, 4) is 0 Å². The maximum absolute atomic E-state index is 14.6. The fourth-order valence-corrected chi connectivity index (χ4v) is 4.48. The second-order valence-electron chi connectivity index (χ2n) is 8.29. The van der Waals surface area contributed by atoms with Crippen LogP contribution in [0.15, 0.2) is 35.5 Å². The van der Waals surface area contributed by atoms with Crippen LogP contribution in [-0.2, 0) is 4.79 Å². The minimum absolute atomic E-state index is 0.141. The first-order valence-electron chi connectivity index (χ1n) is 10.0. The van der Waals surface area contributed by atoms with E-state index in [0.717, 1.165) is 25.5 Å². The van der Waals surface area contributed by atoms with E-state index in [4.69, 9.17) is 0 Å². The number of carbonyl (C=O) groups excluding carboxylic acids is 1. The Bertz CT molecular complexity index is 1110. The number of amides is 1. The number of carbonyl (C=O) groups is 1. The molecule has 0 bridgehead atoms. The summed E-state index contributed by atoms with van der Waals surface area (Å²) in [5.74, 6) is -9.07. The number of hydrogen-bond acceptors (Lipinski definition) is 3. The van der Waals surface area contributed by atoms with Crippen LogP contribution in [0.3, 0.4) is 0 Å². The molecule has 0 saturated heterocycles. The first-order chi connectivity index (χ1) is 15.8. The summed E-state index contributed by atoms with van der Waals surface area (Å²) in [6.07, 6.45) is 0.317. The molecule has 1 aromatic heterocycles. The van der Waals surface area contributed by atoms with Crippen molar-refractivity contribution in [1.82, 2.24) is 10.3 Å². The largest absolute Gasteiger partial charge is 0.354 e. The molecule has 2 aromatic rings. The van der Waals surface area contributed by atoms with Crippen LogP contribution in [0.1, 0.15) is 37.3 Å². The van der Waals surface area contributed by atoms with Crippen molar-refractivity contribution < 1.29 is 46.2 Å². The summed E-state index contributed by atoms with van der Waals surface area (Å²) in [5, 5.41) is 2.41. The van der Waals surface area contributed by atoms with Gasteiger partial charge in [0.05, 0.1) is 6.20 Å². The van der Waals surface area contributed by atoms with Gasteiger partial charge >= 0.3 is 10.2 Å². The molecule has 1 saturated carbocycles. The van der Waals surface area contributed by atoms with E-state index in [1.807, 2.05) is 0 Å². The lowest BCUT2D eigenvalue weighted by Crippen LogP contribution is -2.46. The Balaban J connectivity index is 2.01. The third kappa shape index (κ3) is 6.30. The fraction of sp³-hybridized carbons (Fsp3) is 0.400. The Hall–Kier alpha value is -2.71. The van der Waals surface area contributed by atoms with Gasteiger partial charge in [0.15, 0.2) is 11.6 Å². The zero-order valence-electron chi connectivity index (χ0n) is 17.9. The molecule has 15 heteroatoms. The molecule has 196 valence electrons. The summed E-state index contributed by atoms with van der Waals surface area (Å²) in [4.78, 5) is 14.2. The molecule has 4 nitrogen and oxygen atoms in total. The van der Waals surface area contributed by atoms with Crippen LogP contribution in [0.25, 0.3) is 0 Å². The Morgan fingerprint density at radius 3 is 2.06 bits per heavy atom. The number of nitrogens with one attached hydrogen (secondary N) is 1. The number of halogens is 10. The monoisotopic (exact) mass is 539 g/mol. The number of rotatable bonds is 6. The first kappa shape index (κ1) is 26.9. The molecule has 1 aliphatic rings. The highest BCUT2D eigenvalue weighted by molar-refractivity contribution is 8.45. The van der Waals surface area contributed by atoms with E-state index in [-0.39, 0.29) is 18.4 Å². The van der Waals surface area contributed by atoms with Crippen molar-refractivity contribution >= 4 is 21.8 Å². The van der Waals surface area contributed by atoms with Crippen LogP contribution in [0.5, 0.6) is 0 Å². The van der Waals surface area contributed by atoms with E-state index in [1.54, 1.807) is 0 Å². The molecular formula is C20H19F10N3OS. The molecule has 0 radical (unpaired) electrons. The van der Waals surface area contributed by atoms with Crippen molar-refractivity contribution in [3.63, 3.8) is 0 Å². The van der Waals surface area contributed by atoms with Gasteiger partial charge in [0.2, 0.25) is 11.8 Å². The highest BCUT2D eigenvalue weighted by Gasteiger charge is 2.66. The van der Waals surface area contributed by atoms with Crippen molar-refractivity contribution in [2.75, 3.05) is 11.9 Å². The SMILES string of the molecule is CN(c1c(F)cc(S(F)(F)(F)(F)F)cc1F)C(C(=O)NC1CCC(F)(F)CC1)c1cncc(F)c1. The van der Waals surface area contributed by atoms with Gasteiger partial charge in [-0.25, -0.2) is 22.0 Å². The predicted molar refractivity (Wildman–Crippen MR) is 108 cm³/mol. The number of nitrogens with zero attached hydrogens (tertiary/aromatic N) is 2. The van der Waals surface area contributed by atoms with E-state index < -0.39 is 87.1 Å². The molecule has 3 rings (SSSR count). The van der Waals surface area contributed by atoms with Crippen LogP contribution < -0.4 is 10.2 Å². The highest BCUT2D eigenvalue weighted by Crippen LogP contribution is 3.02. The summed E-state index contributed by atoms with van der Waals surface area (Å²) in [6.45, 7) is 0. The van der Waals surface area contributed by atoms with Crippen molar-refractivity contribution in [2.24, 2.45) is 0 Å². The summed E-state index contributed by atoms with van der Waals surface area (Å²) in [6, 6.07) is -3.02. The quantitative estimate of drug-likeness (QED) is 0.401. The highest BCUT2D eigenvalue weighted by atomic mass is 32.5. The van der Waals surface area contributed by atoms with E-state index in [0.29, 0.717) is 4.90 Å². The van der Waals surface area contributed by atoms with Gasteiger partial charge in [-0.05, 0) is 31.0 Å². The fourth-order valence-electron chi connectivity index (χ4n) is 3.82. The minimum atomic E-state index is -10.4. The number of alkyl halides is 2. The van der Waals surface area contributed by atoms with Crippen molar-refractivity contribution in [1.29, 1.82) is 0 Å². The van der Waals surface area contributed by atoms with Crippen molar-refractivity contribution in [3.05, 3.63) is 53.6 Å². The van der Waals surface area contributed by atoms with Gasteiger partial charge in [0.1, 0.15) is 22.4 Å². The van der Waals surface area contributed by atoms with Crippen molar-refractivity contribution in [2.45, 2.75) is 48.6 Å². The molecule has 1 N–H and O–H groups in total. The molecule has 1 aromatic carbocycles. The van der Waals surface area contributed by atoms with Crippen LogP contribution in [0, 0.1) is 17.5 Å². The summed E-state index contributed by atoms with van der Waals surface area (Å²) >= 11 is 0. The molecule has 1 unspecified atom stereocenters. The topological polar surface area (TPSA) is 45.2 Å². The maximum atomic E-state index is 14.6. The second kappa shape index (κ2) is 8.17. The van der Waals surface area contributed by atoms with Gasteiger partial charge in [-0.3, -0.25) is 9.78 Å². The van der Waals surface area contributed by atoms with Crippen LogP contribution in [0.4, 0.5) is 47.1 Å². The second-order valence-corrected chi connectivity index (χ2v) is 10.7. The third-order valence-electron chi connectivity index (χ3n) is 5.53. The van der Waals surface area contributed by atoms with Crippen LogP contribution in [0.2, 0.25) is 0 Å². The normalized spacial score (nSPS) is 19.4. The van der Waals surface area contributed by atoms with Crippen LogP contribution in [-0.4, -0.2) is 29.9 Å². The number of likely N-dealkylation sites (N-methyl/N-ethyl adjacent to an activating group) is 1. The minimum Gasteiger partial charge on any atom is -0.354 e. The lowest BCUT2D eigenvalue weighted by molar-refractivity contribution is -0.124. The lowest BCUT2D eigenvalue weighted by Gasteiger charge is -2.41. The summed E-state index contributed by atoms with van der Waals surface area (Å²) in [7, 11) is -9.57. The standard InChI is InChI=1S/C20H19F10N3OS/c1-33(18-15(22)7-14(8-16(18)23)35(26,27,28,29)30)17(11-6-12(21)10-31-9-11)19(34)32-13-2-4-20(24,25)5-3-13/h6-10,13,17H,2-5H2,1H3,(H,32,34). The lowest BCUT2D eigenvalue weighted by atomic mass is 9.92. The van der Waals surface area contributed by atoms with Gasteiger partial charge in [0.25, 0.3) is 0 Å². The van der Waals surface area contributed by atoms with E-state index in [1.165, 1.54) is 0 Å². The van der Waals surface area contributed by atoms with Crippen LogP contribution >= 0.6 is 10.2 Å². The average Bonchev–Trinajstić information content (AvgIpc) is 2.67. The molecule has 1 atom stereocenters. The molecule has 1 aliphatic carbocycles. The smallest absolute Gasteiger partial charge is 0.310 e. The maximum Gasteiger partial charge on any atom is 0.310 e. The molecule has 0 aliphatic heterocycles. The third-order valence-corrected chi connectivity index (χ3v) is 6.66. The van der Waals surface area contributed by atoms with Gasteiger partial charge in [-0.15, -0.1) is 0 Å². The first-order valence-corrected chi connectivity index (χ1v) is 12.0. The Labute approximate surface area is 193 Å². The Morgan fingerprint density at radius 1 is 1.03 bits per heavy atom. The average molecular weight is 539 g/mol. The van der Waals surface area contributed by atoms with E-state index in [9.17, 15) is 46.2 Å². The molecule has 35 heavy (non-hydrogen) atoms. The number of pyridine rings is 1. The van der Waals surface area contributed by atoms with Gasteiger partial charge in [0, 0.05) is 37.7 Å². The number of benzene rings is 1. The Morgan fingerprint density at radius 2 is 1.57 bits per heavy atom. The zero-order chi connectivity index (χ0) is 26.5. The summed E-state index contributed by atoms with van der Waals surface area (Å²) < 4.78 is 135. The van der Waals surface area contributed by atoms with E-state index in [2.05, 4.69) is 10.3 Å². The molecule has 1 fully saturated rings. The van der Waals surface area contributed by atoms with Gasteiger partial charge in [-0.2, -0.15) is 0 Å². The number of aromatic nitrogens is 1. The molecule has 1 heterocycles. The molecule has 0 spiro atoms. The summed E-state index contributed by atoms with van der Waals surface area (Å²) in [5.41, 5.74) is -1.57. The van der Waals surface area contributed by atoms with E-state index >= 15 is 0 Å². The molecular weight excluding hydrogens is 520 g/mol. The number of anilines is 1. The zero-order valence-corrected chi connectivity index (χ0v) is 18.7. The molecule has 1 amide bonds. The van der Waals surface area contributed by atoms with Gasteiger partial charge in [-0.1, -0.05) is 19.4 Å². The number of hydrogen-bond donors (Lipinski definition) is 1. The van der Waals surface area contributed by atoms with Gasteiger partial charge < -0.3 is 10.2 Å². The predicted octanol–water partition coefficient (Wildman–Crippen LogP) is 7.03. The Kier molecular flexibility index (Phi) is 6.27.